The zero-order valence-corrected chi connectivity index (χ0v) is 15.9. The van der Waals surface area contributed by atoms with E-state index in [1.165, 1.54) is 11.1 Å². The fourth-order valence-corrected chi connectivity index (χ4v) is 4.73. The van der Waals surface area contributed by atoms with Crippen LogP contribution in [0, 0.1) is 0 Å². The molecule has 1 N–H and O–H groups in total. The molecule has 5 heteroatoms. The summed E-state index contributed by atoms with van der Waals surface area (Å²) in [5, 5.41) is 1.16. The van der Waals surface area contributed by atoms with Crippen LogP contribution in [0.4, 0.5) is 0 Å². The normalized spacial score (nSPS) is 21.8. The second-order valence-corrected chi connectivity index (χ2v) is 7.76. The van der Waals surface area contributed by atoms with Crippen molar-refractivity contribution in [3.8, 4) is 0 Å². The van der Waals surface area contributed by atoms with Crippen LogP contribution in [0.25, 0.3) is 10.9 Å². The van der Waals surface area contributed by atoms with Crippen LogP contribution in [0.15, 0.2) is 54.6 Å². The first-order valence-electron chi connectivity index (χ1n) is 9.87. The Morgan fingerprint density at radius 2 is 1.79 bits per heavy atom. The molecule has 5 nitrogen and oxygen atoms in total. The van der Waals surface area contributed by atoms with Gasteiger partial charge in [-0.05, 0) is 30.5 Å². The second-order valence-electron chi connectivity index (χ2n) is 7.76. The molecule has 142 valence electrons. The zero-order chi connectivity index (χ0) is 19.3. The molecule has 2 amide bonds. The highest BCUT2D eigenvalue weighted by atomic mass is 16.2. The molecule has 3 heterocycles. The van der Waals surface area contributed by atoms with Gasteiger partial charge in [-0.3, -0.25) is 9.59 Å². The summed E-state index contributed by atoms with van der Waals surface area (Å²) in [4.78, 5) is 33.2. The van der Waals surface area contributed by atoms with Gasteiger partial charge in [0.15, 0.2) is 0 Å². The highest BCUT2D eigenvalue weighted by Crippen LogP contribution is 2.38. The topological polar surface area (TPSA) is 56.4 Å². The van der Waals surface area contributed by atoms with Crippen LogP contribution >= 0.6 is 0 Å². The second kappa shape index (κ2) is 6.51. The molecule has 2 aromatic carbocycles. The fraction of sp³-hybridized carbons (Fsp3) is 0.304. The molecule has 28 heavy (non-hydrogen) atoms. The molecule has 0 saturated carbocycles. The minimum absolute atomic E-state index is 0.0365. The van der Waals surface area contributed by atoms with Gasteiger partial charge in [-0.15, -0.1) is 0 Å². The zero-order valence-electron chi connectivity index (χ0n) is 15.9. The van der Waals surface area contributed by atoms with Gasteiger partial charge in [0.1, 0.15) is 6.04 Å². The van der Waals surface area contributed by atoms with E-state index in [1.807, 2.05) is 37.3 Å². The van der Waals surface area contributed by atoms with Crippen LogP contribution in [0.5, 0.6) is 0 Å². The number of fused-ring (bicyclic) bond motifs is 4. The predicted octanol–water partition coefficient (Wildman–Crippen LogP) is 3.07. The summed E-state index contributed by atoms with van der Waals surface area (Å²) in [6.45, 7) is 2.77. The molecule has 0 spiro atoms. The first-order chi connectivity index (χ1) is 13.6. The summed E-state index contributed by atoms with van der Waals surface area (Å²) < 4.78 is 0. The molecule has 2 atom stereocenters. The SMILES string of the molecule is CC1c2[nH]c3ccccc3c2CC2C(=O)N(CCc3ccccc3)CC(=O)N21. The van der Waals surface area contributed by atoms with Crippen molar-refractivity contribution in [2.75, 3.05) is 13.1 Å². The lowest BCUT2D eigenvalue weighted by molar-refractivity contribution is -0.159. The number of aromatic nitrogens is 1. The van der Waals surface area contributed by atoms with Crippen LogP contribution in [-0.4, -0.2) is 45.7 Å². The summed E-state index contributed by atoms with van der Waals surface area (Å²) in [6, 6.07) is 17.8. The Kier molecular flexibility index (Phi) is 3.97. The summed E-state index contributed by atoms with van der Waals surface area (Å²) in [7, 11) is 0. The van der Waals surface area contributed by atoms with Gasteiger partial charge in [-0.2, -0.15) is 0 Å². The third-order valence-electron chi connectivity index (χ3n) is 6.14. The van der Waals surface area contributed by atoms with Gasteiger partial charge < -0.3 is 14.8 Å². The van der Waals surface area contributed by atoms with Crippen LogP contribution in [0.3, 0.4) is 0 Å². The van der Waals surface area contributed by atoms with Gasteiger partial charge in [0.05, 0.1) is 12.6 Å². The number of nitrogens with one attached hydrogen (secondary N) is 1. The summed E-state index contributed by atoms with van der Waals surface area (Å²) in [5.41, 5.74) is 4.49. The number of rotatable bonds is 3. The lowest BCUT2D eigenvalue weighted by Crippen LogP contribution is -2.62. The van der Waals surface area contributed by atoms with E-state index in [0.29, 0.717) is 13.0 Å². The van der Waals surface area contributed by atoms with Crippen molar-refractivity contribution >= 4 is 22.7 Å². The maximum absolute atomic E-state index is 13.3. The molecule has 0 radical (unpaired) electrons. The number of H-pyrrole nitrogens is 1. The number of piperazine rings is 1. The van der Waals surface area contributed by atoms with E-state index in [9.17, 15) is 9.59 Å². The van der Waals surface area contributed by atoms with Crippen LogP contribution < -0.4 is 0 Å². The van der Waals surface area contributed by atoms with Gasteiger partial charge in [-0.25, -0.2) is 0 Å². The van der Waals surface area contributed by atoms with Gasteiger partial charge in [0, 0.05) is 29.6 Å². The molecule has 3 aromatic rings. The first-order valence-corrected chi connectivity index (χ1v) is 9.87. The van der Waals surface area contributed by atoms with E-state index < -0.39 is 6.04 Å². The minimum Gasteiger partial charge on any atom is -0.356 e. The Hall–Kier alpha value is -3.08. The number of hydrogen-bond donors (Lipinski definition) is 1. The highest BCUT2D eigenvalue weighted by molar-refractivity contribution is 5.97. The average molecular weight is 373 g/mol. The molecule has 5 rings (SSSR count). The Morgan fingerprint density at radius 3 is 2.61 bits per heavy atom. The smallest absolute Gasteiger partial charge is 0.246 e. The van der Waals surface area contributed by atoms with Gasteiger partial charge >= 0.3 is 0 Å². The van der Waals surface area contributed by atoms with E-state index in [-0.39, 0.29) is 24.4 Å². The Labute approximate surface area is 163 Å². The third-order valence-corrected chi connectivity index (χ3v) is 6.14. The Morgan fingerprint density at radius 1 is 1.04 bits per heavy atom. The number of benzene rings is 2. The van der Waals surface area contributed by atoms with Crippen LogP contribution in [-0.2, 0) is 22.4 Å². The number of nitrogens with zero attached hydrogens (tertiary/aromatic N) is 2. The lowest BCUT2D eigenvalue weighted by Gasteiger charge is -2.46. The monoisotopic (exact) mass is 373 g/mol. The largest absolute Gasteiger partial charge is 0.356 e. The van der Waals surface area contributed by atoms with Gasteiger partial charge in [-0.1, -0.05) is 48.5 Å². The Balaban J connectivity index is 1.44. The van der Waals surface area contributed by atoms with Gasteiger partial charge in [0.2, 0.25) is 11.8 Å². The van der Waals surface area contributed by atoms with Crippen molar-refractivity contribution in [3.05, 3.63) is 71.4 Å². The van der Waals surface area contributed by atoms with Crippen molar-refractivity contribution in [1.82, 2.24) is 14.8 Å². The van der Waals surface area contributed by atoms with Crippen molar-refractivity contribution < 1.29 is 9.59 Å². The van der Waals surface area contributed by atoms with E-state index in [4.69, 9.17) is 0 Å². The van der Waals surface area contributed by atoms with Crippen molar-refractivity contribution in [3.63, 3.8) is 0 Å². The average Bonchev–Trinajstić information content (AvgIpc) is 3.09. The quantitative estimate of drug-likeness (QED) is 0.767. The number of amides is 2. The number of hydrogen-bond acceptors (Lipinski definition) is 2. The third kappa shape index (κ3) is 2.61. The summed E-state index contributed by atoms with van der Waals surface area (Å²) in [5.74, 6) is 0.104. The number of para-hydroxylation sites is 1. The molecule has 2 unspecified atom stereocenters. The summed E-state index contributed by atoms with van der Waals surface area (Å²) >= 11 is 0. The van der Waals surface area contributed by atoms with Crippen molar-refractivity contribution in [2.24, 2.45) is 0 Å². The van der Waals surface area contributed by atoms with E-state index >= 15 is 0 Å². The lowest BCUT2D eigenvalue weighted by atomic mass is 9.90. The van der Waals surface area contributed by atoms with Gasteiger partial charge in [0.25, 0.3) is 0 Å². The maximum atomic E-state index is 13.3. The number of carbonyl (C=O) groups is 2. The first kappa shape index (κ1) is 17.0. The molecule has 2 aliphatic rings. The molecule has 0 bridgehead atoms. The molecule has 1 saturated heterocycles. The summed E-state index contributed by atoms with van der Waals surface area (Å²) in [6.07, 6.45) is 1.34. The molecular formula is C23H23N3O2. The maximum Gasteiger partial charge on any atom is 0.246 e. The highest BCUT2D eigenvalue weighted by Gasteiger charge is 2.45. The standard InChI is InChI=1S/C23H23N3O2/c1-15-22-18(17-9-5-6-10-19(17)24-22)13-20-23(28)25(14-21(27)26(15)20)12-11-16-7-3-2-4-8-16/h2-10,15,20,24H,11-14H2,1H3. The molecule has 0 aliphatic carbocycles. The molecule has 1 fully saturated rings. The number of aromatic amines is 1. The van der Waals surface area contributed by atoms with E-state index in [1.54, 1.807) is 9.80 Å². The minimum atomic E-state index is -0.404. The van der Waals surface area contributed by atoms with E-state index in [0.717, 1.165) is 23.0 Å². The van der Waals surface area contributed by atoms with E-state index in [2.05, 4.69) is 29.2 Å². The fourth-order valence-electron chi connectivity index (χ4n) is 4.73. The van der Waals surface area contributed by atoms with Crippen LogP contribution in [0.2, 0.25) is 0 Å². The Bertz CT molecular complexity index is 1060. The molecular weight excluding hydrogens is 350 g/mol. The van der Waals surface area contributed by atoms with Crippen molar-refractivity contribution in [2.45, 2.75) is 31.8 Å². The molecule has 1 aromatic heterocycles. The molecule has 2 aliphatic heterocycles. The number of carbonyl (C=O) groups excluding carboxylic acids is 2. The van der Waals surface area contributed by atoms with Crippen molar-refractivity contribution in [1.29, 1.82) is 0 Å². The van der Waals surface area contributed by atoms with Crippen LogP contribution in [0.1, 0.15) is 29.8 Å². The predicted molar refractivity (Wildman–Crippen MR) is 108 cm³/mol.